The number of ether oxygens (including phenoxy) is 1. The number of hydrogen-bond acceptors (Lipinski definition) is 7. The van der Waals surface area contributed by atoms with Crippen molar-refractivity contribution in [1.82, 2.24) is 24.7 Å². The van der Waals surface area contributed by atoms with Crippen LogP contribution in [-0.4, -0.2) is 24.7 Å². The van der Waals surface area contributed by atoms with E-state index in [1.54, 1.807) is 12.1 Å². The molecule has 22 heavy (non-hydrogen) atoms. The molecule has 0 amide bonds. The fourth-order valence-electron chi connectivity index (χ4n) is 2.24. The molecule has 8 nitrogen and oxygen atoms in total. The minimum absolute atomic E-state index is 0.282. The Morgan fingerprint density at radius 2 is 2.18 bits per heavy atom. The van der Waals surface area contributed by atoms with E-state index in [0.717, 1.165) is 12.8 Å². The monoisotopic (exact) mass is 293 g/mol. The van der Waals surface area contributed by atoms with Crippen molar-refractivity contribution in [1.29, 1.82) is 5.26 Å². The van der Waals surface area contributed by atoms with E-state index in [2.05, 4.69) is 20.1 Å². The molecule has 2 N–H and O–H groups in total. The number of pyridine rings is 1. The van der Waals surface area contributed by atoms with Crippen LogP contribution in [0, 0.1) is 11.3 Å². The van der Waals surface area contributed by atoms with Crippen molar-refractivity contribution in [3.05, 3.63) is 30.2 Å². The zero-order valence-electron chi connectivity index (χ0n) is 11.5. The van der Waals surface area contributed by atoms with Crippen LogP contribution in [0.3, 0.4) is 0 Å². The van der Waals surface area contributed by atoms with Gasteiger partial charge in [0.05, 0.1) is 17.7 Å². The SMILES string of the molecule is N#Cc1ccnc(Oc2nn(C3CC3)c3ncnc(N)c23)c1. The number of nitriles is 1. The van der Waals surface area contributed by atoms with E-state index >= 15 is 0 Å². The van der Waals surface area contributed by atoms with Gasteiger partial charge in [-0.05, 0) is 18.9 Å². The van der Waals surface area contributed by atoms with Crippen LogP contribution in [-0.2, 0) is 0 Å². The van der Waals surface area contributed by atoms with Gasteiger partial charge in [-0.3, -0.25) is 0 Å². The summed E-state index contributed by atoms with van der Waals surface area (Å²) in [5.74, 6) is 0.899. The number of anilines is 1. The Bertz CT molecular complexity index is 907. The normalized spacial score (nSPS) is 14.0. The van der Waals surface area contributed by atoms with E-state index in [4.69, 9.17) is 15.7 Å². The number of nitrogens with zero attached hydrogens (tertiary/aromatic N) is 6. The quantitative estimate of drug-likeness (QED) is 0.782. The van der Waals surface area contributed by atoms with E-state index in [1.807, 2.05) is 10.8 Å². The van der Waals surface area contributed by atoms with E-state index < -0.39 is 0 Å². The Kier molecular flexibility index (Phi) is 2.66. The van der Waals surface area contributed by atoms with Crippen LogP contribution >= 0.6 is 0 Å². The van der Waals surface area contributed by atoms with Crippen LogP contribution in [0.2, 0.25) is 0 Å². The molecular weight excluding hydrogens is 282 g/mol. The van der Waals surface area contributed by atoms with Gasteiger partial charge in [-0.25, -0.2) is 19.6 Å². The molecule has 0 radical (unpaired) electrons. The summed E-state index contributed by atoms with van der Waals surface area (Å²) >= 11 is 0. The highest BCUT2D eigenvalue weighted by Gasteiger charge is 2.29. The molecule has 0 atom stereocenters. The van der Waals surface area contributed by atoms with Crippen LogP contribution in [0.25, 0.3) is 11.0 Å². The van der Waals surface area contributed by atoms with Crippen molar-refractivity contribution in [2.24, 2.45) is 0 Å². The Morgan fingerprint density at radius 3 is 2.95 bits per heavy atom. The third-order valence-electron chi connectivity index (χ3n) is 3.44. The maximum absolute atomic E-state index is 8.94. The van der Waals surface area contributed by atoms with Crippen molar-refractivity contribution in [2.45, 2.75) is 18.9 Å². The summed E-state index contributed by atoms with van der Waals surface area (Å²) < 4.78 is 7.54. The highest BCUT2D eigenvalue weighted by Crippen LogP contribution is 2.40. The molecule has 0 bridgehead atoms. The lowest BCUT2D eigenvalue weighted by molar-refractivity contribution is 0.436. The van der Waals surface area contributed by atoms with Gasteiger partial charge in [-0.2, -0.15) is 5.26 Å². The number of rotatable bonds is 3. The molecule has 3 heterocycles. The summed E-state index contributed by atoms with van der Waals surface area (Å²) in [6.07, 6.45) is 5.04. The Hall–Kier alpha value is -3.21. The predicted octanol–water partition coefficient (Wildman–Crippen LogP) is 1.80. The minimum atomic E-state index is 0.282. The van der Waals surface area contributed by atoms with Gasteiger partial charge < -0.3 is 10.5 Å². The molecule has 0 aliphatic heterocycles. The van der Waals surface area contributed by atoms with E-state index in [1.165, 1.54) is 12.5 Å². The zero-order chi connectivity index (χ0) is 15.1. The summed E-state index contributed by atoms with van der Waals surface area (Å²) in [7, 11) is 0. The van der Waals surface area contributed by atoms with Crippen LogP contribution < -0.4 is 10.5 Å². The first-order chi connectivity index (χ1) is 10.8. The van der Waals surface area contributed by atoms with Crippen LogP contribution in [0.4, 0.5) is 5.82 Å². The molecule has 1 aliphatic rings. The molecule has 8 heteroatoms. The molecule has 3 aromatic heterocycles. The van der Waals surface area contributed by atoms with Crippen molar-refractivity contribution in [3.63, 3.8) is 0 Å². The molecule has 1 aliphatic carbocycles. The Balaban J connectivity index is 1.82. The van der Waals surface area contributed by atoms with Gasteiger partial charge in [0.2, 0.25) is 5.88 Å². The third kappa shape index (κ3) is 2.00. The van der Waals surface area contributed by atoms with Gasteiger partial charge in [0, 0.05) is 12.3 Å². The van der Waals surface area contributed by atoms with Gasteiger partial charge in [0.15, 0.2) is 5.65 Å². The number of nitrogen functional groups attached to an aromatic ring is 1. The second kappa shape index (κ2) is 4.66. The van der Waals surface area contributed by atoms with Crippen molar-refractivity contribution < 1.29 is 4.74 Å². The molecule has 0 aromatic carbocycles. The highest BCUT2D eigenvalue weighted by molar-refractivity contribution is 5.90. The van der Waals surface area contributed by atoms with Gasteiger partial charge in [-0.15, -0.1) is 5.10 Å². The van der Waals surface area contributed by atoms with Gasteiger partial charge >= 0.3 is 0 Å². The maximum atomic E-state index is 8.94. The van der Waals surface area contributed by atoms with Crippen molar-refractivity contribution >= 4 is 16.9 Å². The maximum Gasteiger partial charge on any atom is 0.253 e. The van der Waals surface area contributed by atoms with Crippen LogP contribution in [0.5, 0.6) is 11.8 Å². The van der Waals surface area contributed by atoms with E-state index in [9.17, 15) is 0 Å². The Labute approximate surface area is 125 Å². The number of aromatic nitrogens is 5. The molecule has 1 saturated carbocycles. The first-order valence-electron chi connectivity index (χ1n) is 6.79. The highest BCUT2D eigenvalue weighted by atomic mass is 16.5. The lowest BCUT2D eigenvalue weighted by Gasteiger charge is -2.02. The number of hydrogen-bond donors (Lipinski definition) is 1. The molecule has 108 valence electrons. The summed E-state index contributed by atoms with van der Waals surface area (Å²) in [6, 6.07) is 5.51. The smallest absolute Gasteiger partial charge is 0.253 e. The number of nitrogens with two attached hydrogens (primary N) is 1. The van der Waals surface area contributed by atoms with Crippen molar-refractivity contribution in [3.8, 4) is 17.8 Å². The standard InChI is InChI=1S/C14H11N7O/c15-6-8-3-4-17-10(5-8)22-14-11-12(16)18-7-19-13(11)21(20-14)9-1-2-9/h3-5,7,9H,1-2H2,(H2,16,18,19). The van der Waals surface area contributed by atoms with Gasteiger partial charge in [-0.1, -0.05) is 0 Å². The lowest BCUT2D eigenvalue weighted by atomic mass is 10.3. The third-order valence-corrected chi connectivity index (χ3v) is 3.44. The summed E-state index contributed by atoms with van der Waals surface area (Å²) in [5, 5.41) is 14.0. The zero-order valence-corrected chi connectivity index (χ0v) is 11.5. The van der Waals surface area contributed by atoms with Crippen molar-refractivity contribution in [2.75, 3.05) is 5.73 Å². The minimum Gasteiger partial charge on any atom is -0.418 e. The van der Waals surface area contributed by atoms with Gasteiger partial charge in [0.25, 0.3) is 5.88 Å². The van der Waals surface area contributed by atoms with Crippen LogP contribution in [0.1, 0.15) is 24.4 Å². The van der Waals surface area contributed by atoms with E-state index in [0.29, 0.717) is 34.3 Å². The predicted molar refractivity (Wildman–Crippen MR) is 77.0 cm³/mol. The van der Waals surface area contributed by atoms with E-state index in [-0.39, 0.29) is 5.88 Å². The number of fused-ring (bicyclic) bond motifs is 1. The molecule has 1 fully saturated rings. The molecule has 4 rings (SSSR count). The Morgan fingerprint density at radius 1 is 1.32 bits per heavy atom. The average Bonchev–Trinajstić information content (AvgIpc) is 3.31. The second-order valence-corrected chi connectivity index (χ2v) is 5.04. The van der Waals surface area contributed by atoms with Gasteiger partial charge in [0.1, 0.15) is 17.5 Å². The lowest BCUT2D eigenvalue weighted by Crippen LogP contribution is -1.98. The first-order valence-corrected chi connectivity index (χ1v) is 6.79. The fourth-order valence-corrected chi connectivity index (χ4v) is 2.24. The topological polar surface area (TPSA) is 116 Å². The average molecular weight is 293 g/mol. The molecule has 0 spiro atoms. The van der Waals surface area contributed by atoms with Crippen LogP contribution in [0.15, 0.2) is 24.7 Å². The molecule has 3 aromatic rings. The second-order valence-electron chi connectivity index (χ2n) is 5.04. The first kappa shape index (κ1) is 12.5. The fraction of sp³-hybridized carbons (Fsp3) is 0.214. The summed E-state index contributed by atoms with van der Waals surface area (Å²) in [5.41, 5.74) is 7.06. The summed E-state index contributed by atoms with van der Waals surface area (Å²) in [6.45, 7) is 0. The largest absolute Gasteiger partial charge is 0.418 e. The molecule has 0 unspecified atom stereocenters. The molecule has 0 saturated heterocycles. The molecular formula is C14H11N7O. The summed E-state index contributed by atoms with van der Waals surface area (Å²) in [4.78, 5) is 12.3.